The van der Waals surface area contributed by atoms with Crippen LogP contribution in [0, 0.1) is 13.8 Å². The van der Waals surface area contributed by atoms with Crippen LogP contribution in [-0.4, -0.2) is 69.4 Å². The molecule has 1 amide bonds. The van der Waals surface area contributed by atoms with Gasteiger partial charge in [-0.2, -0.15) is 0 Å². The van der Waals surface area contributed by atoms with E-state index < -0.39 is 6.04 Å². The maximum atomic E-state index is 13.5. The average molecular weight is 445 g/mol. The minimum absolute atomic E-state index is 0.107. The van der Waals surface area contributed by atoms with E-state index in [0.29, 0.717) is 12.4 Å². The number of nitrogens with one attached hydrogen (secondary N) is 1. The van der Waals surface area contributed by atoms with Crippen LogP contribution in [0.4, 0.5) is 5.95 Å². The molecule has 0 spiro atoms. The van der Waals surface area contributed by atoms with Gasteiger partial charge in [0.25, 0.3) is 0 Å². The van der Waals surface area contributed by atoms with Crippen LogP contribution >= 0.6 is 0 Å². The van der Waals surface area contributed by atoms with Crippen LogP contribution in [0.2, 0.25) is 0 Å². The van der Waals surface area contributed by atoms with Gasteiger partial charge in [-0.25, -0.2) is 9.97 Å². The first-order valence-electron chi connectivity index (χ1n) is 11.6. The first-order valence-corrected chi connectivity index (χ1v) is 11.6. The lowest BCUT2D eigenvalue weighted by atomic mass is 10.0. The van der Waals surface area contributed by atoms with Gasteiger partial charge in [0.2, 0.25) is 11.9 Å². The Morgan fingerprint density at radius 1 is 0.939 bits per heavy atom. The summed E-state index contributed by atoms with van der Waals surface area (Å²) in [6.45, 7) is 8.11. The van der Waals surface area contributed by atoms with Gasteiger partial charge in [0.1, 0.15) is 6.04 Å². The zero-order valence-corrected chi connectivity index (χ0v) is 19.4. The van der Waals surface area contributed by atoms with Crippen LogP contribution < -0.4 is 5.32 Å². The molecule has 1 saturated heterocycles. The molecule has 172 valence electrons. The zero-order chi connectivity index (χ0) is 23.0. The summed E-state index contributed by atoms with van der Waals surface area (Å²) in [6, 6.07) is 15.8. The van der Waals surface area contributed by atoms with Gasteiger partial charge in [-0.3, -0.25) is 14.7 Å². The second-order valence-electron chi connectivity index (χ2n) is 8.63. The molecule has 1 aromatic carbocycles. The van der Waals surface area contributed by atoms with Gasteiger partial charge in [-0.1, -0.05) is 30.3 Å². The first-order chi connectivity index (χ1) is 16.1. The van der Waals surface area contributed by atoms with E-state index in [-0.39, 0.29) is 5.91 Å². The van der Waals surface area contributed by atoms with E-state index in [9.17, 15) is 4.79 Å². The number of amides is 1. The molecule has 1 fully saturated rings. The number of carbonyl (C=O) groups excluding carboxylic acids is 1. The third-order valence-corrected chi connectivity index (χ3v) is 6.02. The highest BCUT2D eigenvalue weighted by Gasteiger charge is 2.28. The summed E-state index contributed by atoms with van der Waals surface area (Å²) >= 11 is 0. The number of hydrogen-bond acceptors (Lipinski definition) is 6. The molecule has 4 rings (SSSR count). The SMILES string of the molecule is Cc1cc(C)nc(N[C@@H](Cc2ccccc2)C(=O)N2CCN(CCc3ccncc3)CC2)n1. The van der Waals surface area contributed by atoms with Gasteiger partial charge >= 0.3 is 0 Å². The van der Waals surface area contributed by atoms with Crippen molar-refractivity contribution in [3.63, 3.8) is 0 Å². The second-order valence-corrected chi connectivity index (χ2v) is 8.63. The molecule has 1 aliphatic heterocycles. The van der Waals surface area contributed by atoms with E-state index in [4.69, 9.17) is 0 Å². The lowest BCUT2D eigenvalue weighted by Gasteiger charge is -2.36. The summed E-state index contributed by atoms with van der Waals surface area (Å²) in [5.74, 6) is 0.619. The fourth-order valence-electron chi connectivity index (χ4n) is 4.25. The highest BCUT2D eigenvalue weighted by Crippen LogP contribution is 2.14. The quantitative estimate of drug-likeness (QED) is 0.576. The molecular formula is C26H32N6O. The maximum Gasteiger partial charge on any atom is 0.245 e. The van der Waals surface area contributed by atoms with Crippen molar-refractivity contribution in [3.05, 3.63) is 83.4 Å². The largest absolute Gasteiger partial charge is 0.342 e. The highest BCUT2D eigenvalue weighted by molar-refractivity contribution is 5.84. The minimum atomic E-state index is -0.406. The Kier molecular flexibility index (Phi) is 7.62. The fraction of sp³-hybridized carbons (Fsp3) is 0.385. The summed E-state index contributed by atoms with van der Waals surface area (Å²) in [5, 5.41) is 3.33. The van der Waals surface area contributed by atoms with Crippen molar-refractivity contribution in [3.8, 4) is 0 Å². The minimum Gasteiger partial charge on any atom is -0.342 e. The van der Waals surface area contributed by atoms with Crippen molar-refractivity contribution < 1.29 is 4.79 Å². The topological polar surface area (TPSA) is 74.2 Å². The molecule has 0 aliphatic carbocycles. The number of nitrogens with zero attached hydrogens (tertiary/aromatic N) is 5. The molecule has 33 heavy (non-hydrogen) atoms. The molecular weight excluding hydrogens is 412 g/mol. The molecule has 3 aromatic rings. The molecule has 7 heteroatoms. The first kappa shape index (κ1) is 22.9. The number of carbonyl (C=O) groups is 1. The number of pyridine rings is 1. The number of rotatable bonds is 8. The Labute approximate surface area is 195 Å². The number of benzene rings is 1. The standard InChI is InChI=1S/C26H32N6O/c1-20-18-21(2)29-26(28-20)30-24(19-23-6-4-3-5-7-23)25(33)32-16-14-31(15-17-32)13-10-22-8-11-27-12-9-22/h3-9,11-12,18,24H,10,13-17,19H2,1-2H3,(H,28,29,30)/t24-/m0/s1. The van der Waals surface area contributed by atoms with Crippen molar-refractivity contribution in [1.82, 2.24) is 24.8 Å². The van der Waals surface area contributed by atoms with E-state index in [1.165, 1.54) is 5.56 Å². The molecule has 0 bridgehead atoms. The number of anilines is 1. The Balaban J connectivity index is 1.39. The predicted octanol–water partition coefficient (Wildman–Crippen LogP) is 2.90. The summed E-state index contributed by atoms with van der Waals surface area (Å²) in [6.07, 6.45) is 5.27. The van der Waals surface area contributed by atoms with E-state index in [0.717, 1.165) is 56.1 Å². The molecule has 0 radical (unpaired) electrons. The van der Waals surface area contributed by atoms with Crippen LogP contribution in [0.25, 0.3) is 0 Å². The van der Waals surface area contributed by atoms with E-state index >= 15 is 0 Å². The summed E-state index contributed by atoms with van der Waals surface area (Å²) < 4.78 is 0. The second kappa shape index (κ2) is 11.0. The van der Waals surface area contributed by atoms with E-state index in [1.807, 2.05) is 55.4 Å². The lowest BCUT2D eigenvalue weighted by molar-refractivity contribution is -0.133. The molecule has 0 saturated carbocycles. The molecule has 1 atom stereocenters. The normalized spacial score (nSPS) is 15.3. The van der Waals surface area contributed by atoms with E-state index in [2.05, 4.69) is 49.4 Å². The van der Waals surface area contributed by atoms with Gasteiger partial charge < -0.3 is 10.2 Å². The van der Waals surface area contributed by atoms with Crippen molar-refractivity contribution in [2.24, 2.45) is 0 Å². The Morgan fingerprint density at radius 2 is 1.61 bits per heavy atom. The number of hydrogen-bond donors (Lipinski definition) is 1. The van der Waals surface area contributed by atoms with Gasteiger partial charge in [0, 0.05) is 62.9 Å². The summed E-state index contributed by atoms with van der Waals surface area (Å²) in [7, 11) is 0. The maximum absolute atomic E-state index is 13.5. The lowest BCUT2D eigenvalue weighted by Crippen LogP contribution is -2.53. The molecule has 3 heterocycles. The molecule has 1 aliphatic rings. The predicted molar refractivity (Wildman–Crippen MR) is 130 cm³/mol. The highest BCUT2D eigenvalue weighted by atomic mass is 16.2. The Hall–Kier alpha value is -3.32. The molecule has 0 unspecified atom stereocenters. The van der Waals surface area contributed by atoms with Crippen LogP contribution in [-0.2, 0) is 17.6 Å². The molecule has 2 aromatic heterocycles. The van der Waals surface area contributed by atoms with E-state index in [1.54, 1.807) is 0 Å². The van der Waals surface area contributed by atoms with Gasteiger partial charge in [0.15, 0.2) is 0 Å². The van der Waals surface area contributed by atoms with Crippen molar-refractivity contribution in [1.29, 1.82) is 0 Å². The average Bonchev–Trinajstić information content (AvgIpc) is 2.83. The summed E-state index contributed by atoms with van der Waals surface area (Å²) in [5.41, 5.74) is 4.19. The van der Waals surface area contributed by atoms with Crippen LogP contribution in [0.5, 0.6) is 0 Å². The Bertz CT molecular complexity index is 1010. The number of aromatic nitrogens is 3. The summed E-state index contributed by atoms with van der Waals surface area (Å²) in [4.78, 5) is 31.0. The third kappa shape index (κ3) is 6.58. The fourth-order valence-corrected chi connectivity index (χ4v) is 4.25. The van der Waals surface area contributed by atoms with Crippen LogP contribution in [0.15, 0.2) is 60.9 Å². The molecule has 7 nitrogen and oxygen atoms in total. The smallest absolute Gasteiger partial charge is 0.245 e. The van der Waals surface area contributed by atoms with Crippen molar-refractivity contribution >= 4 is 11.9 Å². The number of piperazine rings is 1. The Morgan fingerprint density at radius 3 is 2.27 bits per heavy atom. The molecule has 1 N–H and O–H groups in total. The van der Waals surface area contributed by atoms with Gasteiger partial charge in [0.05, 0.1) is 0 Å². The van der Waals surface area contributed by atoms with Crippen molar-refractivity contribution in [2.45, 2.75) is 32.7 Å². The van der Waals surface area contributed by atoms with Crippen molar-refractivity contribution in [2.75, 3.05) is 38.0 Å². The monoisotopic (exact) mass is 444 g/mol. The van der Waals surface area contributed by atoms with Crippen LogP contribution in [0.1, 0.15) is 22.5 Å². The number of aryl methyl sites for hydroxylation is 2. The van der Waals surface area contributed by atoms with Crippen LogP contribution in [0.3, 0.4) is 0 Å². The van der Waals surface area contributed by atoms with Gasteiger partial charge in [-0.15, -0.1) is 0 Å². The van der Waals surface area contributed by atoms with Gasteiger partial charge in [-0.05, 0) is 49.6 Å². The zero-order valence-electron chi connectivity index (χ0n) is 19.4. The third-order valence-electron chi connectivity index (χ3n) is 6.02.